The second-order valence-electron chi connectivity index (χ2n) is 5.37. The predicted molar refractivity (Wildman–Crippen MR) is 78.0 cm³/mol. The van der Waals surface area contributed by atoms with Crippen LogP contribution in [0, 0.1) is 11.8 Å². The number of aryl methyl sites for hydroxylation is 1. The molecule has 2 saturated heterocycles. The highest BCUT2D eigenvalue weighted by atomic mass is 35.5. The number of piperidine rings is 1. The molecule has 4 nitrogen and oxygen atoms in total. The summed E-state index contributed by atoms with van der Waals surface area (Å²) in [5, 5.41) is 4.04. The number of carbonyl (C=O) groups is 1. The lowest BCUT2D eigenvalue weighted by Gasteiger charge is -2.34. The van der Waals surface area contributed by atoms with Gasteiger partial charge >= 0.3 is 0 Å². The second-order valence-corrected chi connectivity index (χ2v) is 5.81. The normalized spacial score (nSPS) is 25.9. The maximum Gasteiger partial charge on any atom is 0.270 e. The average Bonchev–Trinajstić information content (AvgIpc) is 2.93. The van der Waals surface area contributed by atoms with Gasteiger partial charge in [-0.1, -0.05) is 11.6 Å². The molecule has 0 aliphatic carbocycles. The molecule has 1 aromatic rings. The monoisotopic (exact) mass is 303 g/mol. The van der Waals surface area contributed by atoms with Gasteiger partial charge < -0.3 is 14.8 Å². The molecule has 0 saturated carbocycles. The fourth-order valence-electron chi connectivity index (χ4n) is 3.12. The van der Waals surface area contributed by atoms with Gasteiger partial charge in [0.25, 0.3) is 5.91 Å². The molecule has 0 spiro atoms. The molecule has 19 heavy (non-hydrogen) atoms. The van der Waals surface area contributed by atoms with Gasteiger partial charge in [0.1, 0.15) is 5.69 Å². The Morgan fingerprint density at radius 3 is 2.84 bits per heavy atom. The van der Waals surface area contributed by atoms with E-state index >= 15 is 0 Å². The van der Waals surface area contributed by atoms with Crippen molar-refractivity contribution in [2.75, 3.05) is 26.2 Å². The maximum atomic E-state index is 12.4. The molecule has 106 valence electrons. The molecular weight excluding hydrogens is 285 g/mol. The van der Waals surface area contributed by atoms with Crippen LogP contribution >= 0.6 is 24.0 Å². The molecule has 0 bridgehead atoms. The molecule has 6 heteroatoms. The van der Waals surface area contributed by atoms with E-state index in [9.17, 15) is 4.79 Å². The van der Waals surface area contributed by atoms with Gasteiger partial charge in [-0.2, -0.15) is 0 Å². The Balaban J connectivity index is 0.00000133. The second kappa shape index (κ2) is 5.73. The molecule has 2 fully saturated rings. The average molecular weight is 304 g/mol. The van der Waals surface area contributed by atoms with Crippen LogP contribution in [0.1, 0.15) is 16.9 Å². The molecule has 2 aliphatic rings. The summed E-state index contributed by atoms with van der Waals surface area (Å²) in [6, 6.07) is 1.75. The van der Waals surface area contributed by atoms with E-state index in [0.29, 0.717) is 16.6 Å². The van der Waals surface area contributed by atoms with Crippen molar-refractivity contribution in [2.24, 2.45) is 18.9 Å². The smallest absolute Gasteiger partial charge is 0.270 e. The predicted octanol–water partition coefficient (Wildman–Crippen LogP) is 1.78. The van der Waals surface area contributed by atoms with E-state index in [2.05, 4.69) is 5.32 Å². The third-order valence-corrected chi connectivity index (χ3v) is 4.39. The van der Waals surface area contributed by atoms with E-state index in [-0.39, 0.29) is 18.3 Å². The minimum Gasteiger partial charge on any atom is -0.345 e. The topological polar surface area (TPSA) is 37.3 Å². The first-order valence-corrected chi connectivity index (χ1v) is 6.85. The van der Waals surface area contributed by atoms with Crippen molar-refractivity contribution in [1.82, 2.24) is 14.8 Å². The molecular formula is C13H19Cl2N3O. The third kappa shape index (κ3) is 2.76. The number of amides is 1. The zero-order chi connectivity index (χ0) is 12.7. The Labute approximate surface area is 124 Å². The minimum absolute atomic E-state index is 0. The van der Waals surface area contributed by atoms with E-state index in [1.54, 1.807) is 12.3 Å². The maximum absolute atomic E-state index is 12.4. The Bertz CT molecular complexity index is 474. The molecule has 3 rings (SSSR count). The molecule has 0 aromatic carbocycles. The van der Waals surface area contributed by atoms with Gasteiger partial charge in [0.15, 0.2) is 0 Å². The lowest BCUT2D eigenvalue weighted by atomic mass is 9.88. The van der Waals surface area contributed by atoms with Crippen LogP contribution in [0.15, 0.2) is 12.3 Å². The van der Waals surface area contributed by atoms with Crippen LogP contribution in [0.2, 0.25) is 5.02 Å². The summed E-state index contributed by atoms with van der Waals surface area (Å²) in [6.45, 7) is 3.90. The minimum atomic E-state index is 0. The highest BCUT2D eigenvalue weighted by Gasteiger charge is 2.35. The van der Waals surface area contributed by atoms with Crippen LogP contribution in [0.3, 0.4) is 0 Å². The summed E-state index contributed by atoms with van der Waals surface area (Å²) in [5.74, 6) is 1.49. The van der Waals surface area contributed by atoms with Crippen molar-refractivity contribution in [3.63, 3.8) is 0 Å². The van der Waals surface area contributed by atoms with Crippen LogP contribution in [0.25, 0.3) is 0 Å². The van der Waals surface area contributed by atoms with Crippen molar-refractivity contribution in [2.45, 2.75) is 6.42 Å². The lowest BCUT2D eigenvalue weighted by molar-refractivity contribution is 0.0633. The lowest BCUT2D eigenvalue weighted by Crippen LogP contribution is -2.43. The SMILES string of the molecule is Cl.Cn1cc(Cl)cc1C(=O)N1CCC2CNCC2C1. The van der Waals surface area contributed by atoms with Gasteiger partial charge in [0.2, 0.25) is 0 Å². The van der Waals surface area contributed by atoms with Gasteiger partial charge in [-0.3, -0.25) is 4.79 Å². The van der Waals surface area contributed by atoms with Crippen molar-refractivity contribution in [3.8, 4) is 0 Å². The number of rotatable bonds is 1. The number of nitrogens with one attached hydrogen (secondary N) is 1. The van der Waals surface area contributed by atoms with E-state index in [1.165, 1.54) is 0 Å². The standard InChI is InChI=1S/C13H18ClN3O.ClH/c1-16-8-11(14)4-12(16)13(18)17-3-2-9-5-15-6-10(9)7-17;/h4,8-10,15H,2-3,5-7H2,1H3;1H. The van der Waals surface area contributed by atoms with Crippen molar-refractivity contribution in [3.05, 3.63) is 23.0 Å². The first kappa shape index (κ1) is 14.7. The van der Waals surface area contributed by atoms with E-state index in [1.807, 2.05) is 16.5 Å². The van der Waals surface area contributed by atoms with Crippen LogP contribution in [-0.4, -0.2) is 41.6 Å². The van der Waals surface area contributed by atoms with E-state index in [0.717, 1.165) is 38.5 Å². The van der Waals surface area contributed by atoms with Gasteiger partial charge in [-0.05, 0) is 37.4 Å². The number of hydrogen-bond acceptors (Lipinski definition) is 2. The van der Waals surface area contributed by atoms with Crippen molar-refractivity contribution < 1.29 is 4.79 Å². The highest BCUT2D eigenvalue weighted by Crippen LogP contribution is 2.27. The summed E-state index contributed by atoms with van der Waals surface area (Å²) in [7, 11) is 1.86. The largest absolute Gasteiger partial charge is 0.345 e. The molecule has 2 atom stereocenters. The molecule has 1 amide bonds. The first-order chi connectivity index (χ1) is 8.65. The Kier molecular flexibility index (Phi) is 4.43. The van der Waals surface area contributed by atoms with E-state index < -0.39 is 0 Å². The summed E-state index contributed by atoms with van der Waals surface area (Å²) in [6.07, 6.45) is 2.89. The quantitative estimate of drug-likeness (QED) is 0.859. The molecule has 1 N–H and O–H groups in total. The van der Waals surface area contributed by atoms with Crippen LogP contribution in [0.5, 0.6) is 0 Å². The highest BCUT2D eigenvalue weighted by molar-refractivity contribution is 6.31. The zero-order valence-electron chi connectivity index (χ0n) is 10.9. The molecule has 1 aromatic heterocycles. The third-order valence-electron chi connectivity index (χ3n) is 4.18. The van der Waals surface area contributed by atoms with Gasteiger partial charge in [-0.15, -0.1) is 12.4 Å². The number of hydrogen-bond donors (Lipinski definition) is 1. The fourth-order valence-corrected chi connectivity index (χ4v) is 3.37. The Hall–Kier alpha value is -0.710. The van der Waals surface area contributed by atoms with Crippen molar-refractivity contribution in [1.29, 1.82) is 0 Å². The van der Waals surface area contributed by atoms with Crippen LogP contribution < -0.4 is 5.32 Å². The first-order valence-electron chi connectivity index (χ1n) is 6.47. The molecule has 0 radical (unpaired) electrons. The number of likely N-dealkylation sites (tertiary alicyclic amines) is 1. The Morgan fingerprint density at radius 2 is 2.16 bits per heavy atom. The van der Waals surface area contributed by atoms with Crippen molar-refractivity contribution >= 4 is 29.9 Å². The number of nitrogens with zero attached hydrogens (tertiary/aromatic N) is 2. The number of carbonyl (C=O) groups excluding carboxylic acids is 1. The number of fused-ring (bicyclic) bond motifs is 1. The summed E-state index contributed by atoms with van der Waals surface area (Å²) >= 11 is 5.94. The van der Waals surface area contributed by atoms with Crippen LogP contribution in [-0.2, 0) is 7.05 Å². The summed E-state index contributed by atoms with van der Waals surface area (Å²) in [5.41, 5.74) is 0.685. The summed E-state index contributed by atoms with van der Waals surface area (Å²) in [4.78, 5) is 14.4. The van der Waals surface area contributed by atoms with E-state index in [4.69, 9.17) is 11.6 Å². The van der Waals surface area contributed by atoms with Gasteiger partial charge in [0, 0.05) is 26.3 Å². The molecule has 2 aliphatic heterocycles. The van der Waals surface area contributed by atoms with Crippen LogP contribution in [0.4, 0.5) is 0 Å². The number of halogens is 2. The number of aromatic nitrogens is 1. The summed E-state index contributed by atoms with van der Waals surface area (Å²) < 4.78 is 1.81. The van der Waals surface area contributed by atoms with Gasteiger partial charge in [-0.25, -0.2) is 0 Å². The molecule has 3 heterocycles. The zero-order valence-corrected chi connectivity index (χ0v) is 12.5. The Morgan fingerprint density at radius 1 is 1.42 bits per heavy atom. The fraction of sp³-hybridized carbons (Fsp3) is 0.615. The molecule has 2 unspecified atom stereocenters. The van der Waals surface area contributed by atoms with Gasteiger partial charge in [0.05, 0.1) is 5.02 Å².